The van der Waals surface area contributed by atoms with Gasteiger partial charge in [0.2, 0.25) is 0 Å². The van der Waals surface area contributed by atoms with E-state index in [1.165, 1.54) is 29.7 Å². The summed E-state index contributed by atoms with van der Waals surface area (Å²) >= 11 is 1.51. The molecule has 1 amide bonds. The third-order valence-corrected chi connectivity index (χ3v) is 6.29. The summed E-state index contributed by atoms with van der Waals surface area (Å²) in [6.45, 7) is 12.3. The van der Waals surface area contributed by atoms with E-state index in [1.54, 1.807) is 0 Å². The minimum atomic E-state index is 0.0772. The molecule has 0 aliphatic rings. The van der Waals surface area contributed by atoms with Crippen LogP contribution in [0.2, 0.25) is 0 Å². The van der Waals surface area contributed by atoms with Gasteiger partial charge >= 0.3 is 0 Å². The fourth-order valence-corrected chi connectivity index (χ4v) is 4.29. The molecule has 0 bridgehead atoms. The van der Waals surface area contributed by atoms with Crippen molar-refractivity contribution in [1.82, 2.24) is 14.8 Å². The van der Waals surface area contributed by atoms with Gasteiger partial charge in [-0.05, 0) is 44.8 Å². The van der Waals surface area contributed by atoms with Crippen LogP contribution in [0.5, 0.6) is 0 Å². The Morgan fingerprint density at radius 2 is 1.75 bits per heavy atom. The van der Waals surface area contributed by atoms with Crippen molar-refractivity contribution in [2.24, 2.45) is 0 Å². The van der Waals surface area contributed by atoms with Crippen LogP contribution in [0.1, 0.15) is 61.0 Å². The number of carbonyl (C=O) groups is 1. The summed E-state index contributed by atoms with van der Waals surface area (Å²) in [6, 6.07) is 8.63. The van der Waals surface area contributed by atoms with Gasteiger partial charge in [-0.3, -0.25) is 4.79 Å². The third kappa shape index (κ3) is 6.14. The van der Waals surface area contributed by atoms with E-state index >= 15 is 0 Å². The monoisotopic (exact) mass is 401 g/mol. The van der Waals surface area contributed by atoms with E-state index < -0.39 is 0 Å². The van der Waals surface area contributed by atoms with E-state index in [0.717, 1.165) is 60.2 Å². The van der Waals surface area contributed by atoms with Gasteiger partial charge in [0.1, 0.15) is 9.88 Å². The number of aryl methyl sites for hydroxylation is 2. The van der Waals surface area contributed by atoms with E-state index in [4.69, 9.17) is 0 Å². The number of thiazole rings is 1. The number of likely N-dealkylation sites (N-methyl/N-ethyl adjacent to an activating group) is 2. The first-order chi connectivity index (χ1) is 13.5. The normalized spacial score (nSPS) is 11.2. The molecule has 0 aliphatic carbocycles. The Morgan fingerprint density at radius 3 is 2.36 bits per heavy atom. The molecule has 0 atom stereocenters. The first-order valence-corrected chi connectivity index (χ1v) is 11.4. The van der Waals surface area contributed by atoms with E-state index in [9.17, 15) is 4.79 Å². The second kappa shape index (κ2) is 11.3. The van der Waals surface area contributed by atoms with E-state index in [2.05, 4.69) is 54.9 Å². The lowest BCUT2D eigenvalue weighted by atomic mass is 10.1. The first kappa shape index (κ1) is 22.6. The molecule has 1 aromatic carbocycles. The van der Waals surface area contributed by atoms with Crippen LogP contribution >= 0.6 is 11.3 Å². The molecule has 28 heavy (non-hydrogen) atoms. The average Bonchev–Trinajstić information content (AvgIpc) is 3.10. The number of nitrogens with zero attached hydrogens (tertiary/aromatic N) is 3. The predicted octanol–water partition coefficient (Wildman–Crippen LogP) is 5.27. The first-order valence-electron chi connectivity index (χ1n) is 10.5. The zero-order chi connectivity index (χ0) is 20.5. The molecule has 0 aliphatic heterocycles. The van der Waals surface area contributed by atoms with Crippen molar-refractivity contribution >= 4 is 17.2 Å². The summed E-state index contributed by atoms with van der Waals surface area (Å²) in [5.74, 6) is 0.0772. The number of benzene rings is 1. The standard InChI is InChI=1S/C23H35N3OS/c1-6-9-10-19-11-13-20(14-12-19)22-24-18(4)21(28-22)23(27)25(5)16-17-26(8-3)15-7-2/h11-14H,6-10,15-17H2,1-5H3. The van der Waals surface area contributed by atoms with Gasteiger partial charge < -0.3 is 9.80 Å². The van der Waals surface area contributed by atoms with Crippen LogP contribution in [0.4, 0.5) is 0 Å². The zero-order valence-corrected chi connectivity index (χ0v) is 18.9. The Hall–Kier alpha value is -1.72. The SMILES string of the molecule is CCCCc1ccc(-c2nc(C)c(C(=O)N(C)CCN(CC)CCC)s2)cc1. The van der Waals surface area contributed by atoms with Crippen LogP contribution in [0.25, 0.3) is 10.6 Å². The quantitative estimate of drug-likeness (QED) is 0.515. The summed E-state index contributed by atoms with van der Waals surface area (Å²) < 4.78 is 0. The Kier molecular flexibility index (Phi) is 9.13. The van der Waals surface area contributed by atoms with Crippen molar-refractivity contribution in [3.05, 3.63) is 40.4 Å². The number of carbonyl (C=O) groups excluding carboxylic acids is 1. The van der Waals surface area contributed by atoms with Gasteiger partial charge in [0.05, 0.1) is 5.69 Å². The zero-order valence-electron chi connectivity index (χ0n) is 18.1. The van der Waals surface area contributed by atoms with Crippen molar-refractivity contribution < 1.29 is 4.79 Å². The molecule has 0 radical (unpaired) electrons. The van der Waals surface area contributed by atoms with Crippen molar-refractivity contribution in [3.63, 3.8) is 0 Å². The molecule has 0 saturated carbocycles. The second-order valence-electron chi connectivity index (χ2n) is 7.39. The topological polar surface area (TPSA) is 36.4 Å². The molecule has 0 fully saturated rings. The summed E-state index contributed by atoms with van der Waals surface area (Å²) in [4.78, 5) is 22.6. The highest BCUT2D eigenvalue weighted by Gasteiger charge is 2.20. The molecular formula is C23H35N3OS. The number of aromatic nitrogens is 1. The fourth-order valence-electron chi connectivity index (χ4n) is 3.22. The molecule has 0 saturated heterocycles. The Balaban J connectivity index is 2.05. The third-order valence-electron chi connectivity index (χ3n) is 5.10. The molecule has 0 N–H and O–H groups in total. The van der Waals surface area contributed by atoms with Crippen molar-refractivity contribution in [2.75, 3.05) is 33.2 Å². The highest BCUT2D eigenvalue weighted by Crippen LogP contribution is 2.29. The van der Waals surface area contributed by atoms with Gasteiger partial charge in [-0.25, -0.2) is 4.98 Å². The van der Waals surface area contributed by atoms with E-state index in [-0.39, 0.29) is 5.91 Å². The Labute approximate surface area is 174 Å². The number of rotatable bonds is 11. The van der Waals surface area contributed by atoms with E-state index in [1.807, 2.05) is 18.9 Å². The van der Waals surface area contributed by atoms with Crippen molar-refractivity contribution in [3.8, 4) is 10.6 Å². The fraction of sp³-hybridized carbons (Fsp3) is 0.565. The number of hydrogen-bond acceptors (Lipinski definition) is 4. The Bertz CT molecular complexity index is 739. The highest BCUT2D eigenvalue weighted by molar-refractivity contribution is 7.17. The van der Waals surface area contributed by atoms with Crippen LogP contribution in [0, 0.1) is 6.92 Å². The molecule has 1 heterocycles. The largest absolute Gasteiger partial charge is 0.340 e. The van der Waals surface area contributed by atoms with Gasteiger partial charge in [-0.1, -0.05) is 51.5 Å². The Morgan fingerprint density at radius 1 is 1.04 bits per heavy atom. The molecule has 4 nitrogen and oxygen atoms in total. The molecule has 1 aromatic heterocycles. The van der Waals surface area contributed by atoms with Gasteiger partial charge in [-0.2, -0.15) is 0 Å². The molecule has 2 aromatic rings. The van der Waals surface area contributed by atoms with Gasteiger partial charge in [0, 0.05) is 25.7 Å². The van der Waals surface area contributed by atoms with Crippen LogP contribution in [0.3, 0.4) is 0 Å². The smallest absolute Gasteiger partial charge is 0.265 e. The molecule has 0 unspecified atom stereocenters. The minimum Gasteiger partial charge on any atom is -0.340 e. The van der Waals surface area contributed by atoms with Gasteiger partial charge in [-0.15, -0.1) is 11.3 Å². The van der Waals surface area contributed by atoms with Crippen LogP contribution in [-0.2, 0) is 6.42 Å². The lowest BCUT2D eigenvalue weighted by Gasteiger charge is -2.23. The molecular weight excluding hydrogens is 366 g/mol. The second-order valence-corrected chi connectivity index (χ2v) is 8.39. The lowest BCUT2D eigenvalue weighted by Crippen LogP contribution is -2.36. The number of unbranched alkanes of at least 4 members (excludes halogenated alkanes) is 1. The van der Waals surface area contributed by atoms with Crippen molar-refractivity contribution in [2.45, 2.75) is 53.4 Å². The predicted molar refractivity (Wildman–Crippen MR) is 120 cm³/mol. The van der Waals surface area contributed by atoms with Crippen LogP contribution in [0.15, 0.2) is 24.3 Å². The lowest BCUT2D eigenvalue weighted by molar-refractivity contribution is 0.0782. The van der Waals surface area contributed by atoms with Crippen LogP contribution < -0.4 is 0 Å². The van der Waals surface area contributed by atoms with Crippen molar-refractivity contribution in [1.29, 1.82) is 0 Å². The molecule has 2 rings (SSSR count). The van der Waals surface area contributed by atoms with Crippen LogP contribution in [-0.4, -0.2) is 53.9 Å². The molecule has 0 spiro atoms. The number of hydrogen-bond donors (Lipinski definition) is 0. The summed E-state index contributed by atoms with van der Waals surface area (Å²) in [5, 5.41) is 0.928. The molecule has 5 heteroatoms. The summed E-state index contributed by atoms with van der Waals surface area (Å²) in [7, 11) is 1.89. The van der Waals surface area contributed by atoms with Gasteiger partial charge in [0.15, 0.2) is 0 Å². The summed E-state index contributed by atoms with van der Waals surface area (Å²) in [5.41, 5.74) is 3.28. The summed E-state index contributed by atoms with van der Waals surface area (Å²) in [6.07, 6.45) is 4.68. The highest BCUT2D eigenvalue weighted by atomic mass is 32.1. The van der Waals surface area contributed by atoms with Gasteiger partial charge in [0.25, 0.3) is 5.91 Å². The minimum absolute atomic E-state index is 0.0772. The molecule has 154 valence electrons. The average molecular weight is 402 g/mol. The maximum absolute atomic E-state index is 12.9. The maximum Gasteiger partial charge on any atom is 0.265 e. The van der Waals surface area contributed by atoms with E-state index in [0.29, 0.717) is 0 Å². The maximum atomic E-state index is 12.9. The number of amides is 1.